The first kappa shape index (κ1) is 4.21. The Morgan fingerprint density at radius 3 is 2.86 bits per heavy atom. The zero-order valence-electron chi connectivity index (χ0n) is 4.40. The van der Waals surface area contributed by atoms with Crippen molar-refractivity contribution in [1.29, 1.82) is 0 Å². The van der Waals surface area contributed by atoms with E-state index in [1.165, 1.54) is 12.3 Å². The summed E-state index contributed by atoms with van der Waals surface area (Å²) in [5.74, 6) is 1.18. The molecule has 1 aliphatic carbocycles. The lowest BCUT2D eigenvalue weighted by Gasteiger charge is -1.99. The SMILES string of the molecule is C[C@@]12C[C@@H]1SCN2. The molecule has 2 heteroatoms. The normalized spacial score (nSPS) is 57.0. The minimum absolute atomic E-state index is 0.574. The van der Waals surface area contributed by atoms with Gasteiger partial charge in [-0.3, -0.25) is 0 Å². The van der Waals surface area contributed by atoms with Crippen molar-refractivity contribution in [1.82, 2.24) is 5.32 Å². The van der Waals surface area contributed by atoms with Crippen LogP contribution in [-0.2, 0) is 0 Å². The highest BCUT2D eigenvalue weighted by Crippen LogP contribution is 2.49. The Bertz CT molecular complexity index is 102. The molecule has 1 nitrogen and oxygen atoms in total. The molecule has 1 saturated carbocycles. The summed E-state index contributed by atoms with van der Waals surface area (Å²) < 4.78 is 0. The lowest BCUT2D eigenvalue weighted by Crippen LogP contribution is -2.23. The van der Waals surface area contributed by atoms with Crippen molar-refractivity contribution in [3.05, 3.63) is 0 Å². The molecule has 1 aliphatic heterocycles. The predicted molar refractivity (Wildman–Crippen MR) is 32.4 cm³/mol. The van der Waals surface area contributed by atoms with E-state index in [1.807, 2.05) is 0 Å². The molecule has 0 spiro atoms. The average Bonchev–Trinajstić information content (AvgIpc) is 2.09. The Hall–Kier alpha value is 0.310. The van der Waals surface area contributed by atoms with E-state index in [1.54, 1.807) is 0 Å². The van der Waals surface area contributed by atoms with Crippen LogP contribution in [0.5, 0.6) is 0 Å². The fourth-order valence-corrected chi connectivity index (χ4v) is 2.59. The monoisotopic (exact) mass is 115 g/mol. The Labute approximate surface area is 47.9 Å². The zero-order valence-corrected chi connectivity index (χ0v) is 5.22. The van der Waals surface area contributed by atoms with Gasteiger partial charge in [0.05, 0.1) is 0 Å². The number of hydrogen-bond donors (Lipinski definition) is 1. The summed E-state index contributed by atoms with van der Waals surface area (Å²) >= 11 is 2.06. The first-order valence-corrected chi connectivity index (χ1v) is 3.73. The largest absolute Gasteiger partial charge is 0.301 e. The van der Waals surface area contributed by atoms with Gasteiger partial charge in [-0.15, -0.1) is 11.8 Å². The van der Waals surface area contributed by atoms with Gasteiger partial charge in [0.25, 0.3) is 0 Å². The van der Waals surface area contributed by atoms with E-state index in [-0.39, 0.29) is 0 Å². The Kier molecular flexibility index (Phi) is 0.605. The van der Waals surface area contributed by atoms with Crippen molar-refractivity contribution in [3.8, 4) is 0 Å². The van der Waals surface area contributed by atoms with E-state index in [0.29, 0.717) is 5.54 Å². The average molecular weight is 115 g/mol. The number of rotatable bonds is 0. The van der Waals surface area contributed by atoms with Crippen LogP contribution >= 0.6 is 11.8 Å². The van der Waals surface area contributed by atoms with Gasteiger partial charge in [-0.1, -0.05) is 0 Å². The van der Waals surface area contributed by atoms with Crippen molar-refractivity contribution in [2.45, 2.75) is 24.1 Å². The predicted octanol–water partition coefficient (Wildman–Crippen LogP) is 0.811. The van der Waals surface area contributed by atoms with Crippen LogP contribution in [0, 0.1) is 0 Å². The van der Waals surface area contributed by atoms with E-state index in [4.69, 9.17) is 0 Å². The standard InChI is InChI=1S/C5H9NS/c1-5-2-4(5)7-3-6-5/h4,6H,2-3H2,1H3/t4-,5+/m0/s1. The van der Waals surface area contributed by atoms with Crippen LogP contribution in [0.25, 0.3) is 0 Å². The minimum atomic E-state index is 0.574. The molecule has 1 heterocycles. The van der Waals surface area contributed by atoms with Gasteiger partial charge in [-0.2, -0.15) is 0 Å². The van der Waals surface area contributed by atoms with Gasteiger partial charge in [0.15, 0.2) is 0 Å². The third kappa shape index (κ3) is 0.441. The van der Waals surface area contributed by atoms with Crippen molar-refractivity contribution in [3.63, 3.8) is 0 Å². The second-order valence-electron chi connectivity index (χ2n) is 2.60. The molecule has 40 valence electrons. The number of nitrogens with one attached hydrogen (secondary N) is 1. The molecule has 1 saturated heterocycles. The summed E-state index contributed by atoms with van der Waals surface area (Å²) in [5.41, 5.74) is 0.574. The van der Waals surface area contributed by atoms with Crippen molar-refractivity contribution >= 4 is 11.8 Å². The highest BCUT2D eigenvalue weighted by molar-refractivity contribution is 8.00. The molecule has 2 atom stereocenters. The van der Waals surface area contributed by atoms with E-state index in [9.17, 15) is 0 Å². The molecule has 0 bridgehead atoms. The summed E-state index contributed by atoms with van der Waals surface area (Å²) in [6.45, 7) is 2.30. The highest BCUT2D eigenvalue weighted by atomic mass is 32.2. The lowest BCUT2D eigenvalue weighted by molar-refractivity contribution is 0.615. The molecule has 2 rings (SSSR count). The molecule has 2 fully saturated rings. The van der Waals surface area contributed by atoms with Crippen molar-refractivity contribution in [2.75, 3.05) is 5.88 Å². The van der Waals surface area contributed by atoms with E-state index < -0.39 is 0 Å². The molecule has 0 amide bonds. The van der Waals surface area contributed by atoms with Gasteiger partial charge in [0.2, 0.25) is 0 Å². The van der Waals surface area contributed by atoms with Crippen LogP contribution in [-0.4, -0.2) is 16.7 Å². The molecule has 0 aromatic heterocycles. The minimum Gasteiger partial charge on any atom is -0.301 e. The molecule has 7 heavy (non-hydrogen) atoms. The summed E-state index contributed by atoms with van der Waals surface area (Å²) in [6, 6.07) is 0. The third-order valence-corrected chi connectivity index (χ3v) is 3.32. The molecular formula is C5H9NS. The fourth-order valence-electron chi connectivity index (χ4n) is 1.06. The van der Waals surface area contributed by atoms with Crippen LogP contribution in [0.15, 0.2) is 0 Å². The van der Waals surface area contributed by atoms with Gasteiger partial charge in [-0.05, 0) is 13.3 Å². The Balaban J connectivity index is 2.17. The number of hydrogen-bond acceptors (Lipinski definition) is 2. The van der Waals surface area contributed by atoms with Gasteiger partial charge in [-0.25, -0.2) is 0 Å². The summed E-state index contributed by atoms with van der Waals surface area (Å²) in [7, 11) is 0. The van der Waals surface area contributed by atoms with E-state index in [0.717, 1.165) is 5.25 Å². The van der Waals surface area contributed by atoms with Crippen LogP contribution in [0.1, 0.15) is 13.3 Å². The second kappa shape index (κ2) is 1.00. The van der Waals surface area contributed by atoms with Gasteiger partial charge in [0.1, 0.15) is 0 Å². The van der Waals surface area contributed by atoms with E-state index in [2.05, 4.69) is 24.0 Å². The highest BCUT2D eigenvalue weighted by Gasteiger charge is 2.53. The molecule has 0 aromatic carbocycles. The van der Waals surface area contributed by atoms with Crippen LogP contribution in [0.3, 0.4) is 0 Å². The molecule has 0 aromatic rings. The van der Waals surface area contributed by atoms with Gasteiger partial charge in [0, 0.05) is 16.7 Å². The van der Waals surface area contributed by atoms with Crippen LogP contribution in [0.2, 0.25) is 0 Å². The quantitative estimate of drug-likeness (QED) is 0.501. The van der Waals surface area contributed by atoms with Crippen LogP contribution in [0.4, 0.5) is 0 Å². The first-order valence-electron chi connectivity index (χ1n) is 2.68. The van der Waals surface area contributed by atoms with E-state index >= 15 is 0 Å². The molecule has 1 N–H and O–H groups in total. The summed E-state index contributed by atoms with van der Waals surface area (Å²) in [4.78, 5) is 0. The third-order valence-electron chi connectivity index (χ3n) is 1.92. The Morgan fingerprint density at radius 2 is 2.71 bits per heavy atom. The van der Waals surface area contributed by atoms with Gasteiger partial charge < -0.3 is 5.32 Å². The smallest absolute Gasteiger partial charge is 0.0425 e. The van der Waals surface area contributed by atoms with Crippen molar-refractivity contribution in [2.24, 2.45) is 0 Å². The summed E-state index contributed by atoms with van der Waals surface area (Å²) in [6.07, 6.45) is 1.40. The first-order chi connectivity index (χ1) is 3.31. The molecule has 2 aliphatic rings. The van der Waals surface area contributed by atoms with Crippen LogP contribution < -0.4 is 5.32 Å². The summed E-state index contributed by atoms with van der Waals surface area (Å²) in [5, 5.41) is 4.40. The molecule has 0 unspecified atom stereocenters. The van der Waals surface area contributed by atoms with Crippen molar-refractivity contribution < 1.29 is 0 Å². The lowest BCUT2D eigenvalue weighted by atomic mass is 10.3. The molecule has 0 radical (unpaired) electrons. The zero-order chi connectivity index (χ0) is 4.91. The number of thioether (sulfide) groups is 1. The topological polar surface area (TPSA) is 12.0 Å². The second-order valence-corrected chi connectivity index (χ2v) is 3.79. The maximum Gasteiger partial charge on any atom is 0.0425 e. The fraction of sp³-hybridized carbons (Fsp3) is 1.00. The molecular weight excluding hydrogens is 106 g/mol. The number of fused-ring (bicyclic) bond motifs is 1. The maximum absolute atomic E-state index is 3.43. The van der Waals surface area contributed by atoms with Gasteiger partial charge >= 0.3 is 0 Å². The maximum atomic E-state index is 3.43. The Morgan fingerprint density at radius 1 is 1.86 bits per heavy atom.